The number of oxazole rings is 1. The van der Waals surface area contributed by atoms with Gasteiger partial charge in [-0.05, 0) is 26.0 Å². The molecule has 1 aromatic carbocycles. The summed E-state index contributed by atoms with van der Waals surface area (Å²) in [4.78, 5) is 4.45. The summed E-state index contributed by atoms with van der Waals surface area (Å²) in [7, 11) is 0. The zero-order valence-electron chi connectivity index (χ0n) is 15.1. The average Bonchev–Trinajstić information content (AvgIpc) is 3.21. The van der Waals surface area contributed by atoms with Crippen LogP contribution >= 0.6 is 0 Å². The number of aryl methyl sites for hydroxylation is 1. The first kappa shape index (κ1) is 16.9. The first-order valence-electron chi connectivity index (χ1n) is 8.19. The molecule has 0 fully saturated rings. The Kier molecular flexibility index (Phi) is 4.17. The first-order chi connectivity index (χ1) is 11.8. The van der Waals surface area contributed by atoms with Crippen LogP contribution < -0.4 is 0 Å². The maximum absolute atomic E-state index is 9.13. The van der Waals surface area contributed by atoms with Gasteiger partial charge < -0.3 is 4.42 Å². The Hall–Kier alpha value is -2.94. The van der Waals surface area contributed by atoms with Crippen LogP contribution in [0.3, 0.4) is 0 Å². The fourth-order valence-corrected chi connectivity index (χ4v) is 2.70. The molecule has 0 aliphatic rings. The van der Waals surface area contributed by atoms with Gasteiger partial charge in [0.05, 0.1) is 17.8 Å². The van der Waals surface area contributed by atoms with Gasteiger partial charge in [0.15, 0.2) is 5.82 Å². The second-order valence-corrected chi connectivity index (χ2v) is 7.12. The highest BCUT2D eigenvalue weighted by Crippen LogP contribution is 2.29. The average molecular weight is 335 g/mol. The number of hydrogen-bond acceptors (Lipinski definition) is 5. The van der Waals surface area contributed by atoms with E-state index in [9.17, 15) is 0 Å². The Balaban J connectivity index is 2.04. The fourth-order valence-electron chi connectivity index (χ4n) is 2.70. The Labute approximate surface area is 147 Å². The summed E-state index contributed by atoms with van der Waals surface area (Å²) in [5.41, 5.74) is 1.33. The molecule has 0 aliphatic heterocycles. The molecule has 1 atom stereocenters. The largest absolute Gasteiger partial charge is 0.443 e. The van der Waals surface area contributed by atoms with Crippen LogP contribution in [0.15, 0.2) is 34.9 Å². The monoisotopic (exact) mass is 335 g/mol. The van der Waals surface area contributed by atoms with E-state index in [-0.39, 0.29) is 11.5 Å². The van der Waals surface area contributed by atoms with Crippen LogP contribution in [0.1, 0.15) is 56.8 Å². The Bertz CT molecular complexity index is 939. The summed E-state index contributed by atoms with van der Waals surface area (Å²) in [6.07, 6.45) is 1.78. The minimum absolute atomic E-state index is 0.100. The molecule has 0 N–H and O–H groups in total. The van der Waals surface area contributed by atoms with Crippen molar-refractivity contribution in [1.82, 2.24) is 19.7 Å². The molecule has 0 saturated carbocycles. The number of nitriles is 1. The number of aromatic nitrogens is 4. The molecule has 0 bridgehead atoms. The van der Waals surface area contributed by atoms with Gasteiger partial charge in [-0.15, -0.1) is 10.2 Å². The lowest BCUT2D eigenvalue weighted by molar-refractivity contribution is 0.355. The van der Waals surface area contributed by atoms with Gasteiger partial charge in [-0.2, -0.15) is 5.26 Å². The van der Waals surface area contributed by atoms with Gasteiger partial charge in [-0.25, -0.2) is 4.98 Å². The van der Waals surface area contributed by atoms with Crippen LogP contribution in [0.2, 0.25) is 0 Å². The number of nitrogens with zero attached hydrogens (tertiary/aromatic N) is 5. The van der Waals surface area contributed by atoms with Crippen LogP contribution in [0.25, 0.3) is 11.4 Å². The van der Waals surface area contributed by atoms with Gasteiger partial charge in [-0.1, -0.05) is 32.9 Å². The molecule has 0 spiro atoms. The maximum Gasteiger partial charge on any atom is 0.217 e. The van der Waals surface area contributed by atoms with Crippen LogP contribution in [0, 0.1) is 18.3 Å². The smallest absolute Gasteiger partial charge is 0.217 e. The lowest BCUT2D eigenvalue weighted by Crippen LogP contribution is -2.12. The molecule has 128 valence electrons. The standard InChI is InChI=1S/C19H21N5O/c1-12(18-21-11-16(25-18)19(3,4)5)24-13(2)22-23-17(24)15-8-6-7-14(9-15)10-20/h6-9,11-12H,1-5H3/t12-/m0/s1. The van der Waals surface area contributed by atoms with Crippen molar-refractivity contribution in [2.75, 3.05) is 0 Å². The highest BCUT2D eigenvalue weighted by atomic mass is 16.4. The lowest BCUT2D eigenvalue weighted by atomic mass is 9.94. The highest BCUT2D eigenvalue weighted by Gasteiger charge is 2.25. The van der Waals surface area contributed by atoms with Crippen molar-refractivity contribution >= 4 is 0 Å². The van der Waals surface area contributed by atoms with Crippen molar-refractivity contribution in [3.8, 4) is 17.5 Å². The summed E-state index contributed by atoms with van der Waals surface area (Å²) in [6.45, 7) is 10.2. The zero-order valence-corrected chi connectivity index (χ0v) is 15.1. The molecule has 0 unspecified atom stereocenters. The number of hydrogen-bond donors (Lipinski definition) is 0. The molecule has 0 radical (unpaired) electrons. The number of rotatable bonds is 3. The fraction of sp³-hybridized carbons (Fsp3) is 0.368. The van der Waals surface area contributed by atoms with Crippen LogP contribution in [-0.4, -0.2) is 19.7 Å². The highest BCUT2D eigenvalue weighted by molar-refractivity contribution is 5.58. The van der Waals surface area contributed by atoms with Gasteiger partial charge in [0.2, 0.25) is 5.89 Å². The molecule has 2 aromatic heterocycles. The van der Waals surface area contributed by atoms with Gasteiger partial charge in [0, 0.05) is 11.0 Å². The molecule has 6 nitrogen and oxygen atoms in total. The van der Waals surface area contributed by atoms with Crippen LogP contribution in [0.5, 0.6) is 0 Å². The summed E-state index contributed by atoms with van der Waals surface area (Å²) in [6, 6.07) is 9.34. The van der Waals surface area contributed by atoms with Crippen molar-refractivity contribution in [2.45, 2.75) is 46.1 Å². The molecule has 0 amide bonds. The topological polar surface area (TPSA) is 80.5 Å². The Morgan fingerprint density at radius 2 is 2.00 bits per heavy atom. The van der Waals surface area contributed by atoms with Crippen molar-refractivity contribution in [3.05, 3.63) is 53.5 Å². The quantitative estimate of drug-likeness (QED) is 0.722. The summed E-state index contributed by atoms with van der Waals surface area (Å²) < 4.78 is 7.97. The Morgan fingerprint density at radius 1 is 1.24 bits per heavy atom. The van der Waals surface area contributed by atoms with E-state index in [2.05, 4.69) is 42.0 Å². The summed E-state index contributed by atoms with van der Waals surface area (Å²) in [5, 5.41) is 17.6. The van der Waals surface area contributed by atoms with E-state index < -0.39 is 0 Å². The van der Waals surface area contributed by atoms with Gasteiger partial charge in [-0.3, -0.25) is 4.57 Å². The minimum atomic E-state index is -0.160. The van der Waals surface area contributed by atoms with Gasteiger partial charge in [0.1, 0.15) is 17.6 Å². The van der Waals surface area contributed by atoms with Crippen molar-refractivity contribution in [3.63, 3.8) is 0 Å². The summed E-state index contributed by atoms with van der Waals surface area (Å²) in [5.74, 6) is 2.91. The SMILES string of the molecule is Cc1nnc(-c2cccc(C#N)c2)n1[C@@H](C)c1ncc(C(C)(C)C)o1. The molecular weight excluding hydrogens is 314 g/mol. The summed E-state index contributed by atoms with van der Waals surface area (Å²) >= 11 is 0. The molecule has 0 saturated heterocycles. The van der Waals surface area contributed by atoms with Crippen molar-refractivity contribution in [2.24, 2.45) is 0 Å². The van der Waals surface area contributed by atoms with Crippen molar-refractivity contribution < 1.29 is 4.42 Å². The second-order valence-electron chi connectivity index (χ2n) is 7.12. The van der Waals surface area contributed by atoms with E-state index >= 15 is 0 Å². The van der Waals surface area contributed by atoms with E-state index in [4.69, 9.17) is 9.68 Å². The van der Waals surface area contributed by atoms with Crippen LogP contribution in [-0.2, 0) is 5.41 Å². The lowest BCUT2D eigenvalue weighted by Gasteiger charge is -2.16. The van der Waals surface area contributed by atoms with Crippen molar-refractivity contribution in [1.29, 1.82) is 5.26 Å². The minimum Gasteiger partial charge on any atom is -0.443 e. The normalized spacial score (nSPS) is 12.8. The molecule has 0 aliphatic carbocycles. The van der Waals surface area contributed by atoms with Crippen LogP contribution in [0.4, 0.5) is 0 Å². The van der Waals surface area contributed by atoms with Gasteiger partial charge in [0.25, 0.3) is 0 Å². The predicted molar refractivity (Wildman–Crippen MR) is 93.9 cm³/mol. The molecular formula is C19H21N5O. The molecule has 25 heavy (non-hydrogen) atoms. The van der Waals surface area contributed by atoms with E-state index in [1.807, 2.05) is 36.6 Å². The number of benzene rings is 1. The first-order valence-corrected chi connectivity index (χ1v) is 8.19. The predicted octanol–water partition coefficient (Wildman–Crippen LogP) is 4.02. The molecule has 6 heteroatoms. The molecule has 3 aromatic rings. The Morgan fingerprint density at radius 3 is 2.64 bits per heavy atom. The third kappa shape index (κ3) is 3.18. The van der Waals surface area contributed by atoms with E-state index in [1.165, 1.54) is 0 Å². The third-order valence-corrected chi connectivity index (χ3v) is 4.12. The van der Waals surface area contributed by atoms with Gasteiger partial charge >= 0.3 is 0 Å². The zero-order chi connectivity index (χ0) is 18.2. The molecule has 2 heterocycles. The van der Waals surface area contributed by atoms with E-state index in [1.54, 1.807) is 12.3 Å². The van der Waals surface area contributed by atoms with E-state index in [0.29, 0.717) is 17.3 Å². The maximum atomic E-state index is 9.13. The third-order valence-electron chi connectivity index (χ3n) is 4.12. The molecule has 3 rings (SSSR count). The van der Waals surface area contributed by atoms with E-state index in [0.717, 1.165) is 17.1 Å². The second kappa shape index (κ2) is 6.17.